The summed E-state index contributed by atoms with van der Waals surface area (Å²) in [4.78, 5) is 0. The molecule has 11 heavy (non-hydrogen) atoms. The Morgan fingerprint density at radius 2 is 2.00 bits per heavy atom. The number of hydrogen-bond acceptors (Lipinski definition) is 1. The summed E-state index contributed by atoms with van der Waals surface area (Å²) < 4.78 is 12.2. The van der Waals surface area contributed by atoms with Crippen LogP contribution in [-0.2, 0) is 0 Å². The van der Waals surface area contributed by atoms with E-state index in [0.717, 1.165) is 5.57 Å². The van der Waals surface area contributed by atoms with Crippen molar-refractivity contribution in [1.82, 2.24) is 0 Å². The zero-order valence-corrected chi connectivity index (χ0v) is 7.26. The molecule has 0 aliphatic carbocycles. The molecule has 1 unspecified atom stereocenters. The molecular formula is C9H15FO. The Hall–Kier alpha value is -0.630. The van der Waals surface area contributed by atoms with Gasteiger partial charge in [0.05, 0.1) is 5.83 Å². The first-order valence-corrected chi connectivity index (χ1v) is 3.69. The van der Waals surface area contributed by atoms with E-state index < -0.39 is 0 Å². The molecular weight excluding hydrogens is 143 g/mol. The number of hydrogen-bond donors (Lipinski definition) is 1. The van der Waals surface area contributed by atoms with Gasteiger partial charge in [-0.25, -0.2) is 4.39 Å². The summed E-state index contributed by atoms with van der Waals surface area (Å²) in [6.07, 6.45) is 3.09. The van der Waals surface area contributed by atoms with Gasteiger partial charge in [0.25, 0.3) is 0 Å². The predicted molar refractivity (Wildman–Crippen MR) is 44.9 cm³/mol. The first-order chi connectivity index (χ1) is 5.07. The highest BCUT2D eigenvalue weighted by molar-refractivity contribution is 5.13. The van der Waals surface area contributed by atoms with Crippen LogP contribution < -0.4 is 0 Å². The third-order valence-electron chi connectivity index (χ3n) is 1.63. The van der Waals surface area contributed by atoms with Crippen molar-refractivity contribution in [3.8, 4) is 0 Å². The van der Waals surface area contributed by atoms with Crippen LogP contribution in [-0.4, -0.2) is 11.7 Å². The van der Waals surface area contributed by atoms with Crippen molar-refractivity contribution >= 4 is 0 Å². The van der Waals surface area contributed by atoms with Gasteiger partial charge >= 0.3 is 0 Å². The monoisotopic (exact) mass is 158 g/mol. The molecule has 0 aromatic carbocycles. The molecule has 0 amide bonds. The number of aliphatic hydroxyl groups excluding tert-OH is 1. The van der Waals surface area contributed by atoms with E-state index in [4.69, 9.17) is 5.11 Å². The summed E-state index contributed by atoms with van der Waals surface area (Å²) in [7, 11) is 0. The summed E-state index contributed by atoms with van der Waals surface area (Å²) in [5.74, 6) is -0.0971. The molecule has 0 aliphatic rings. The van der Waals surface area contributed by atoms with Crippen LogP contribution in [0.4, 0.5) is 4.39 Å². The van der Waals surface area contributed by atoms with Crippen LogP contribution in [0.25, 0.3) is 0 Å². The van der Waals surface area contributed by atoms with Crippen LogP contribution in [0, 0.1) is 5.92 Å². The summed E-state index contributed by atoms with van der Waals surface area (Å²) in [6, 6.07) is 0. The van der Waals surface area contributed by atoms with E-state index in [-0.39, 0.29) is 18.4 Å². The van der Waals surface area contributed by atoms with Gasteiger partial charge in [-0.15, -0.1) is 0 Å². The molecule has 0 aromatic rings. The van der Waals surface area contributed by atoms with Gasteiger partial charge in [-0.3, -0.25) is 0 Å². The topological polar surface area (TPSA) is 20.2 Å². The molecule has 0 rings (SSSR count). The van der Waals surface area contributed by atoms with Gasteiger partial charge in [-0.2, -0.15) is 0 Å². The van der Waals surface area contributed by atoms with E-state index in [0.29, 0.717) is 0 Å². The van der Waals surface area contributed by atoms with Gasteiger partial charge in [-0.1, -0.05) is 18.6 Å². The van der Waals surface area contributed by atoms with Crippen LogP contribution in [0.15, 0.2) is 23.6 Å². The molecule has 0 radical (unpaired) electrons. The first-order valence-electron chi connectivity index (χ1n) is 3.69. The molecule has 0 heterocycles. The third-order valence-corrected chi connectivity index (χ3v) is 1.63. The Balaban J connectivity index is 4.11. The Morgan fingerprint density at radius 1 is 1.45 bits per heavy atom. The maximum absolute atomic E-state index is 12.2. The van der Waals surface area contributed by atoms with E-state index in [1.807, 2.05) is 13.8 Å². The van der Waals surface area contributed by atoms with Crippen LogP contribution >= 0.6 is 0 Å². The number of aliphatic hydroxyl groups is 1. The molecule has 0 saturated heterocycles. The fraction of sp³-hybridized carbons (Fsp3) is 0.556. The minimum Gasteiger partial charge on any atom is -0.396 e. The third kappa shape index (κ3) is 4.73. The lowest BCUT2D eigenvalue weighted by atomic mass is 10.0. The molecule has 0 aromatic heterocycles. The van der Waals surface area contributed by atoms with Crippen LogP contribution in [0.5, 0.6) is 0 Å². The quantitative estimate of drug-likeness (QED) is 0.625. The standard InChI is InChI=1S/C9H15FO/c1-7(8(2)6-11)4-5-9(3)10/h4-5,8,11H,6H2,1-3H3/b7-4+,9-5+. The average Bonchev–Trinajstić information content (AvgIpc) is 1.98. The maximum Gasteiger partial charge on any atom is 0.0968 e. The van der Waals surface area contributed by atoms with Gasteiger partial charge in [0.15, 0.2) is 0 Å². The van der Waals surface area contributed by atoms with E-state index in [1.54, 1.807) is 6.08 Å². The normalized spacial score (nSPS) is 16.8. The number of rotatable bonds is 3. The SMILES string of the molecule is C/C(F)=C\C=C(/C)C(C)CO. The minimum absolute atomic E-state index is 0.113. The second-order valence-electron chi connectivity index (χ2n) is 2.75. The van der Waals surface area contributed by atoms with Crippen molar-refractivity contribution in [2.24, 2.45) is 5.92 Å². The smallest absolute Gasteiger partial charge is 0.0968 e. The lowest BCUT2D eigenvalue weighted by molar-refractivity contribution is 0.256. The fourth-order valence-electron chi connectivity index (χ4n) is 0.555. The Labute approximate surface area is 67.2 Å². The average molecular weight is 158 g/mol. The molecule has 1 nitrogen and oxygen atoms in total. The van der Waals surface area contributed by atoms with Crippen LogP contribution in [0.3, 0.4) is 0 Å². The van der Waals surface area contributed by atoms with Crippen molar-refractivity contribution in [2.45, 2.75) is 20.8 Å². The van der Waals surface area contributed by atoms with E-state index >= 15 is 0 Å². The van der Waals surface area contributed by atoms with Gasteiger partial charge in [0.2, 0.25) is 0 Å². The van der Waals surface area contributed by atoms with Crippen LogP contribution in [0.2, 0.25) is 0 Å². The highest BCUT2D eigenvalue weighted by Gasteiger charge is 1.99. The van der Waals surface area contributed by atoms with Gasteiger partial charge in [-0.05, 0) is 19.9 Å². The summed E-state index contributed by atoms with van der Waals surface area (Å²) in [6.45, 7) is 5.28. The lowest BCUT2D eigenvalue weighted by Gasteiger charge is -2.05. The van der Waals surface area contributed by atoms with Crippen molar-refractivity contribution in [3.05, 3.63) is 23.6 Å². The van der Waals surface area contributed by atoms with Gasteiger partial charge in [0, 0.05) is 12.5 Å². The summed E-state index contributed by atoms with van der Waals surface area (Å²) in [5, 5.41) is 8.72. The van der Waals surface area contributed by atoms with Crippen LogP contribution in [0.1, 0.15) is 20.8 Å². The lowest BCUT2D eigenvalue weighted by Crippen LogP contribution is -2.01. The molecule has 2 heteroatoms. The van der Waals surface area contributed by atoms with Crippen molar-refractivity contribution in [1.29, 1.82) is 0 Å². The molecule has 1 atom stereocenters. The molecule has 0 aliphatic heterocycles. The van der Waals surface area contributed by atoms with Crippen molar-refractivity contribution in [3.63, 3.8) is 0 Å². The van der Waals surface area contributed by atoms with E-state index in [1.165, 1.54) is 13.0 Å². The van der Waals surface area contributed by atoms with Gasteiger partial charge < -0.3 is 5.11 Å². The van der Waals surface area contributed by atoms with E-state index in [2.05, 4.69) is 0 Å². The Kier molecular flexibility index (Phi) is 4.79. The molecule has 64 valence electrons. The highest BCUT2D eigenvalue weighted by atomic mass is 19.1. The molecule has 0 saturated carbocycles. The largest absolute Gasteiger partial charge is 0.396 e. The number of halogens is 1. The molecule has 0 bridgehead atoms. The van der Waals surface area contributed by atoms with Gasteiger partial charge in [0.1, 0.15) is 0 Å². The second kappa shape index (κ2) is 5.08. The zero-order valence-electron chi connectivity index (χ0n) is 7.26. The molecule has 0 fully saturated rings. The second-order valence-corrected chi connectivity index (χ2v) is 2.75. The Bertz CT molecular complexity index is 166. The summed E-state index contributed by atoms with van der Waals surface area (Å²) in [5.41, 5.74) is 0.990. The highest BCUT2D eigenvalue weighted by Crippen LogP contribution is 2.09. The predicted octanol–water partition coefficient (Wildman–Crippen LogP) is 2.43. The van der Waals surface area contributed by atoms with Crippen molar-refractivity contribution < 1.29 is 9.50 Å². The van der Waals surface area contributed by atoms with Crippen molar-refractivity contribution in [2.75, 3.05) is 6.61 Å². The fourth-order valence-corrected chi connectivity index (χ4v) is 0.555. The minimum atomic E-state index is -0.213. The van der Waals surface area contributed by atoms with E-state index in [9.17, 15) is 4.39 Å². The zero-order chi connectivity index (χ0) is 8.85. The first kappa shape index (κ1) is 10.4. The molecule has 0 spiro atoms. The molecule has 1 N–H and O–H groups in total. The Morgan fingerprint density at radius 3 is 2.36 bits per heavy atom. The number of allylic oxidation sites excluding steroid dienone is 3. The summed E-state index contributed by atoms with van der Waals surface area (Å²) >= 11 is 0. The maximum atomic E-state index is 12.2.